The molecule has 0 bridgehead atoms. The van der Waals surface area contributed by atoms with Gasteiger partial charge in [-0.3, -0.25) is 0 Å². The molecule has 1 fully saturated rings. The van der Waals surface area contributed by atoms with Crippen LogP contribution in [0, 0.1) is 33.5 Å². The zero-order valence-electron chi connectivity index (χ0n) is 15.1. The van der Waals surface area contributed by atoms with E-state index in [-0.39, 0.29) is 5.84 Å². The van der Waals surface area contributed by atoms with Crippen LogP contribution in [0.25, 0.3) is 0 Å². The van der Waals surface area contributed by atoms with Crippen molar-refractivity contribution in [2.75, 3.05) is 13.2 Å². The standard InChI is InChI=1S/C19H20Cl2N4O2/c1-3-8-26-19(27-9-4-2)18(11-23)15(17(18,10-22)16(24)25-19)14-12(20)6-5-7-13(14)21/h5-7,15H,3-4,8-9H2,1-2H3,(H2,24,25). The summed E-state index contributed by atoms with van der Waals surface area (Å²) >= 11 is 12.8. The molecule has 8 heteroatoms. The van der Waals surface area contributed by atoms with E-state index in [4.69, 9.17) is 38.4 Å². The van der Waals surface area contributed by atoms with Gasteiger partial charge in [0.25, 0.3) is 5.91 Å². The first kappa shape index (κ1) is 19.9. The predicted molar refractivity (Wildman–Crippen MR) is 102 cm³/mol. The Morgan fingerprint density at radius 3 is 2.11 bits per heavy atom. The molecule has 1 aromatic rings. The normalized spacial score (nSPS) is 30.1. The minimum Gasteiger partial charge on any atom is -0.386 e. The molecule has 0 aromatic heterocycles. The highest BCUT2D eigenvalue weighted by molar-refractivity contribution is 6.36. The monoisotopic (exact) mass is 406 g/mol. The average Bonchev–Trinajstić information content (AvgIpc) is 3.21. The molecule has 1 heterocycles. The van der Waals surface area contributed by atoms with Crippen LogP contribution in [-0.2, 0) is 9.47 Å². The largest absolute Gasteiger partial charge is 0.386 e. The SMILES string of the molecule is CCCOC1(OCCC)N=C(N)C2(C#N)C(c3c(Cl)cccc3Cl)C12C#N. The highest BCUT2D eigenvalue weighted by Crippen LogP contribution is 2.82. The number of hydrogen-bond donors (Lipinski definition) is 1. The van der Waals surface area contributed by atoms with E-state index in [1.54, 1.807) is 18.2 Å². The summed E-state index contributed by atoms with van der Waals surface area (Å²) < 4.78 is 11.9. The zero-order chi connectivity index (χ0) is 19.9. The minimum atomic E-state index is -1.67. The molecule has 1 aliphatic heterocycles. The number of aliphatic imine (C=N–C) groups is 1. The maximum Gasteiger partial charge on any atom is 0.293 e. The molecule has 3 atom stereocenters. The van der Waals surface area contributed by atoms with E-state index in [0.717, 1.165) is 0 Å². The molecular weight excluding hydrogens is 387 g/mol. The molecule has 0 saturated heterocycles. The van der Waals surface area contributed by atoms with Crippen molar-refractivity contribution in [1.82, 2.24) is 0 Å². The minimum absolute atomic E-state index is 0.0137. The number of nitriles is 2. The Kier molecular flexibility index (Phi) is 5.14. The zero-order valence-corrected chi connectivity index (χ0v) is 16.6. The Labute approximate surface area is 168 Å². The molecule has 2 N–H and O–H groups in total. The van der Waals surface area contributed by atoms with E-state index in [0.29, 0.717) is 41.7 Å². The second kappa shape index (κ2) is 6.96. The topological polar surface area (TPSA) is 104 Å². The molecule has 1 aliphatic carbocycles. The van der Waals surface area contributed by atoms with Crippen LogP contribution in [0.3, 0.4) is 0 Å². The summed E-state index contributed by atoms with van der Waals surface area (Å²) in [6, 6.07) is 9.52. The van der Waals surface area contributed by atoms with Crippen LogP contribution in [0.1, 0.15) is 38.2 Å². The van der Waals surface area contributed by atoms with Gasteiger partial charge in [-0.05, 0) is 30.5 Å². The molecule has 0 spiro atoms. The van der Waals surface area contributed by atoms with Gasteiger partial charge < -0.3 is 15.2 Å². The third kappa shape index (κ3) is 2.35. The number of amidine groups is 1. The van der Waals surface area contributed by atoms with Crippen molar-refractivity contribution in [3.8, 4) is 12.1 Å². The van der Waals surface area contributed by atoms with Gasteiger partial charge in [-0.2, -0.15) is 10.5 Å². The molecular formula is C19H20Cl2N4O2. The lowest BCUT2D eigenvalue weighted by Crippen LogP contribution is -2.44. The van der Waals surface area contributed by atoms with Crippen molar-refractivity contribution >= 4 is 29.0 Å². The molecule has 0 amide bonds. The first-order chi connectivity index (χ1) is 12.9. The van der Waals surface area contributed by atoms with E-state index < -0.39 is 22.7 Å². The number of nitrogens with two attached hydrogens (primary N) is 1. The van der Waals surface area contributed by atoms with Crippen molar-refractivity contribution in [2.24, 2.45) is 21.6 Å². The van der Waals surface area contributed by atoms with Gasteiger partial charge >= 0.3 is 0 Å². The summed E-state index contributed by atoms with van der Waals surface area (Å²) in [4.78, 5) is 4.37. The summed E-state index contributed by atoms with van der Waals surface area (Å²) in [5, 5.41) is 21.0. The molecule has 3 unspecified atom stereocenters. The van der Waals surface area contributed by atoms with Gasteiger partial charge in [0.15, 0.2) is 5.41 Å². The molecule has 1 aromatic carbocycles. The van der Waals surface area contributed by atoms with Crippen molar-refractivity contribution in [3.63, 3.8) is 0 Å². The summed E-state index contributed by atoms with van der Waals surface area (Å²) in [7, 11) is 0. The summed E-state index contributed by atoms with van der Waals surface area (Å²) in [5.41, 5.74) is 3.83. The Hall–Kier alpha value is -1.83. The smallest absolute Gasteiger partial charge is 0.293 e. The van der Waals surface area contributed by atoms with Gasteiger partial charge in [0, 0.05) is 16.0 Å². The predicted octanol–water partition coefficient (Wildman–Crippen LogP) is 3.99. The first-order valence-electron chi connectivity index (χ1n) is 8.82. The van der Waals surface area contributed by atoms with Crippen molar-refractivity contribution in [2.45, 2.75) is 38.5 Å². The fourth-order valence-electron chi connectivity index (χ4n) is 4.06. The van der Waals surface area contributed by atoms with Crippen molar-refractivity contribution in [1.29, 1.82) is 10.5 Å². The van der Waals surface area contributed by atoms with Crippen LogP contribution >= 0.6 is 23.2 Å². The number of benzene rings is 1. The molecule has 6 nitrogen and oxygen atoms in total. The Morgan fingerprint density at radius 2 is 1.67 bits per heavy atom. The summed E-state index contributed by atoms with van der Waals surface area (Å²) in [6.45, 7) is 4.46. The molecule has 2 aliphatic rings. The Bertz CT molecular complexity index is 847. The molecule has 3 rings (SSSR count). The van der Waals surface area contributed by atoms with E-state index >= 15 is 0 Å². The number of halogens is 2. The van der Waals surface area contributed by atoms with Gasteiger partial charge in [-0.15, -0.1) is 0 Å². The van der Waals surface area contributed by atoms with Crippen molar-refractivity contribution in [3.05, 3.63) is 33.8 Å². The number of nitrogens with zero attached hydrogens (tertiary/aromatic N) is 3. The Balaban J connectivity index is 2.23. The van der Waals surface area contributed by atoms with E-state index in [1.165, 1.54) is 0 Å². The second-order valence-electron chi connectivity index (χ2n) is 6.68. The van der Waals surface area contributed by atoms with E-state index in [2.05, 4.69) is 17.1 Å². The average molecular weight is 407 g/mol. The second-order valence-corrected chi connectivity index (χ2v) is 7.50. The van der Waals surface area contributed by atoms with Gasteiger partial charge in [0.1, 0.15) is 11.3 Å². The van der Waals surface area contributed by atoms with Crippen LogP contribution in [0.4, 0.5) is 0 Å². The van der Waals surface area contributed by atoms with E-state index in [1.807, 2.05) is 13.8 Å². The Morgan fingerprint density at radius 1 is 1.11 bits per heavy atom. The number of fused-ring (bicyclic) bond motifs is 1. The first-order valence-corrected chi connectivity index (χ1v) is 9.58. The highest BCUT2D eigenvalue weighted by atomic mass is 35.5. The third-order valence-electron chi connectivity index (χ3n) is 5.22. The van der Waals surface area contributed by atoms with Gasteiger partial charge in [0.05, 0.1) is 25.4 Å². The number of hydrogen-bond acceptors (Lipinski definition) is 6. The third-order valence-corrected chi connectivity index (χ3v) is 5.88. The fraction of sp³-hybridized carbons (Fsp3) is 0.526. The lowest BCUT2D eigenvalue weighted by atomic mass is 9.93. The van der Waals surface area contributed by atoms with Crippen LogP contribution in [0.5, 0.6) is 0 Å². The number of ether oxygens (including phenoxy) is 2. The molecule has 27 heavy (non-hydrogen) atoms. The van der Waals surface area contributed by atoms with Gasteiger partial charge in [0.2, 0.25) is 0 Å². The maximum atomic E-state index is 10.3. The lowest BCUT2D eigenvalue weighted by Gasteiger charge is -2.32. The summed E-state index contributed by atoms with van der Waals surface area (Å²) in [5.74, 6) is -2.35. The van der Waals surface area contributed by atoms with Gasteiger partial charge in [-0.1, -0.05) is 43.1 Å². The highest BCUT2D eigenvalue weighted by Gasteiger charge is 2.94. The van der Waals surface area contributed by atoms with Crippen molar-refractivity contribution < 1.29 is 9.47 Å². The molecule has 142 valence electrons. The molecule has 0 radical (unpaired) electrons. The van der Waals surface area contributed by atoms with Crippen LogP contribution < -0.4 is 5.73 Å². The van der Waals surface area contributed by atoms with Crippen LogP contribution in [0.2, 0.25) is 10.0 Å². The summed E-state index contributed by atoms with van der Waals surface area (Å²) in [6.07, 6.45) is 1.37. The van der Waals surface area contributed by atoms with Crippen LogP contribution in [-0.4, -0.2) is 25.0 Å². The quantitative estimate of drug-likeness (QED) is 0.689. The van der Waals surface area contributed by atoms with E-state index in [9.17, 15) is 10.5 Å². The van der Waals surface area contributed by atoms with Gasteiger partial charge in [-0.25, -0.2) is 4.99 Å². The number of rotatable bonds is 7. The van der Waals surface area contributed by atoms with Crippen LogP contribution in [0.15, 0.2) is 23.2 Å². The fourth-order valence-corrected chi connectivity index (χ4v) is 4.67. The maximum absolute atomic E-state index is 10.3. The molecule has 1 saturated carbocycles. The lowest BCUT2D eigenvalue weighted by molar-refractivity contribution is -0.259.